The van der Waals surface area contributed by atoms with Crippen LogP contribution in [-0.4, -0.2) is 11.5 Å². The molecule has 72 valence electrons. The van der Waals surface area contributed by atoms with Crippen molar-refractivity contribution in [2.45, 2.75) is 6.92 Å². The average molecular weight is 204 g/mol. The number of nitrogens with one attached hydrogen (secondary N) is 1. The zero-order valence-corrected chi connectivity index (χ0v) is 8.90. The molecule has 0 spiro atoms. The first-order chi connectivity index (χ1) is 6.75. The number of hydrogen-bond donors (Lipinski definition) is 1. The Hall–Kier alpha value is -1.35. The van der Waals surface area contributed by atoms with Crippen molar-refractivity contribution < 1.29 is 0 Å². The highest BCUT2D eigenvalue weighted by Crippen LogP contribution is 2.21. The average Bonchev–Trinajstić information content (AvgIpc) is 2.61. The molecule has 0 aliphatic carbocycles. The third kappa shape index (κ3) is 1.93. The fourth-order valence-corrected chi connectivity index (χ4v) is 1.93. The van der Waals surface area contributed by atoms with E-state index in [1.165, 1.54) is 4.70 Å². The highest BCUT2D eigenvalue weighted by Gasteiger charge is 1.97. The zero-order chi connectivity index (χ0) is 9.97. The van der Waals surface area contributed by atoms with Crippen molar-refractivity contribution in [3.63, 3.8) is 0 Å². The molecule has 0 fully saturated rings. The number of anilines is 1. The molecule has 0 unspecified atom stereocenters. The van der Waals surface area contributed by atoms with Crippen LogP contribution in [0.25, 0.3) is 10.2 Å². The molecule has 1 N–H and O–H groups in total. The van der Waals surface area contributed by atoms with Gasteiger partial charge in [0.05, 0.1) is 15.7 Å². The number of hydrogen-bond acceptors (Lipinski definition) is 3. The second-order valence-corrected chi connectivity index (χ2v) is 4.23. The summed E-state index contributed by atoms with van der Waals surface area (Å²) in [5, 5.41) is 3.31. The van der Waals surface area contributed by atoms with Crippen LogP contribution in [0, 0.1) is 0 Å². The van der Waals surface area contributed by atoms with Gasteiger partial charge in [0.2, 0.25) is 0 Å². The summed E-state index contributed by atoms with van der Waals surface area (Å²) in [6, 6.07) is 6.20. The van der Waals surface area contributed by atoms with E-state index in [-0.39, 0.29) is 0 Å². The molecule has 0 radical (unpaired) electrons. The van der Waals surface area contributed by atoms with Crippen LogP contribution in [0.2, 0.25) is 0 Å². The molecule has 1 heterocycles. The van der Waals surface area contributed by atoms with Crippen molar-refractivity contribution in [3.05, 3.63) is 35.9 Å². The van der Waals surface area contributed by atoms with Gasteiger partial charge in [0, 0.05) is 12.2 Å². The molecule has 2 aromatic rings. The van der Waals surface area contributed by atoms with E-state index in [0.29, 0.717) is 0 Å². The summed E-state index contributed by atoms with van der Waals surface area (Å²) in [6.07, 6.45) is 0. The van der Waals surface area contributed by atoms with Crippen LogP contribution in [0.15, 0.2) is 35.9 Å². The zero-order valence-electron chi connectivity index (χ0n) is 8.08. The number of benzene rings is 1. The normalized spacial score (nSPS) is 10.4. The lowest BCUT2D eigenvalue weighted by atomic mass is 10.3. The van der Waals surface area contributed by atoms with E-state index in [1.54, 1.807) is 11.3 Å². The Morgan fingerprint density at radius 3 is 3.21 bits per heavy atom. The lowest BCUT2D eigenvalue weighted by Gasteiger charge is -2.04. The molecule has 0 atom stereocenters. The van der Waals surface area contributed by atoms with Gasteiger partial charge in [-0.25, -0.2) is 4.98 Å². The standard InChI is InChI=1S/C11H12N2S/c1-8(2)6-12-9-3-4-10-11(5-9)14-7-13-10/h3-5,7,12H,1,6H2,2H3. The summed E-state index contributed by atoms with van der Waals surface area (Å²) in [7, 11) is 0. The predicted octanol–water partition coefficient (Wildman–Crippen LogP) is 3.28. The molecule has 2 rings (SSSR count). The maximum absolute atomic E-state index is 4.23. The SMILES string of the molecule is C=C(C)CNc1ccc2ncsc2c1. The summed E-state index contributed by atoms with van der Waals surface area (Å²) in [5.74, 6) is 0. The van der Waals surface area contributed by atoms with Crippen molar-refractivity contribution in [2.75, 3.05) is 11.9 Å². The summed E-state index contributed by atoms with van der Waals surface area (Å²) in [6.45, 7) is 6.69. The molecule has 14 heavy (non-hydrogen) atoms. The van der Waals surface area contributed by atoms with E-state index in [2.05, 4.69) is 22.9 Å². The summed E-state index contributed by atoms with van der Waals surface area (Å²) in [4.78, 5) is 4.23. The Balaban J connectivity index is 2.21. The van der Waals surface area contributed by atoms with Gasteiger partial charge in [-0.1, -0.05) is 12.2 Å². The maximum atomic E-state index is 4.23. The van der Waals surface area contributed by atoms with E-state index in [1.807, 2.05) is 24.6 Å². The van der Waals surface area contributed by atoms with Gasteiger partial charge in [-0.3, -0.25) is 0 Å². The van der Waals surface area contributed by atoms with Gasteiger partial charge in [0.15, 0.2) is 0 Å². The molecule has 2 nitrogen and oxygen atoms in total. The first-order valence-electron chi connectivity index (χ1n) is 4.47. The van der Waals surface area contributed by atoms with Crippen molar-refractivity contribution >= 4 is 27.2 Å². The monoisotopic (exact) mass is 204 g/mol. The maximum Gasteiger partial charge on any atom is 0.0813 e. The number of aromatic nitrogens is 1. The van der Waals surface area contributed by atoms with Gasteiger partial charge < -0.3 is 5.32 Å². The molecule has 0 amide bonds. The van der Waals surface area contributed by atoms with Crippen molar-refractivity contribution in [1.82, 2.24) is 4.98 Å². The quantitative estimate of drug-likeness (QED) is 0.776. The topological polar surface area (TPSA) is 24.9 Å². The highest BCUT2D eigenvalue weighted by molar-refractivity contribution is 7.16. The Morgan fingerprint density at radius 1 is 1.57 bits per heavy atom. The Morgan fingerprint density at radius 2 is 2.43 bits per heavy atom. The third-order valence-electron chi connectivity index (χ3n) is 1.93. The van der Waals surface area contributed by atoms with E-state index in [4.69, 9.17) is 0 Å². The van der Waals surface area contributed by atoms with Crippen LogP contribution >= 0.6 is 11.3 Å². The highest BCUT2D eigenvalue weighted by atomic mass is 32.1. The van der Waals surface area contributed by atoms with E-state index in [0.717, 1.165) is 23.3 Å². The summed E-state index contributed by atoms with van der Waals surface area (Å²) in [5.41, 5.74) is 5.20. The first kappa shape index (κ1) is 9.21. The minimum Gasteiger partial charge on any atom is -0.381 e. The van der Waals surface area contributed by atoms with Crippen molar-refractivity contribution in [1.29, 1.82) is 0 Å². The smallest absolute Gasteiger partial charge is 0.0813 e. The lowest BCUT2D eigenvalue weighted by Crippen LogP contribution is -2.01. The molecule has 0 saturated heterocycles. The number of rotatable bonds is 3. The molecular weight excluding hydrogens is 192 g/mol. The van der Waals surface area contributed by atoms with Gasteiger partial charge in [0.1, 0.15) is 0 Å². The first-order valence-corrected chi connectivity index (χ1v) is 5.35. The van der Waals surface area contributed by atoms with Crippen LogP contribution in [0.1, 0.15) is 6.92 Å². The number of thiazole rings is 1. The minimum atomic E-state index is 0.824. The summed E-state index contributed by atoms with van der Waals surface area (Å²) >= 11 is 1.66. The third-order valence-corrected chi connectivity index (χ3v) is 2.72. The largest absolute Gasteiger partial charge is 0.381 e. The minimum absolute atomic E-state index is 0.824. The van der Waals surface area contributed by atoms with Gasteiger partial charge in [-0.2, -0.15) is 0 Å². The Bertz CT molecular complexity index is 459. The van der Waals surface area contributed by atoms with Crippen LogP contribution < -0.4 is 5.32 Å². The predicted molar refractivity (Wildman–Crippen MR) is 62.9 cm³/mol. The van der Waals surface area contributed by atoms with Crippen LogP contribution in [-0.2, 0) is 0 Å². The van der Waals surface area contributed by atoms with E-state index >= 15 is 0 Å². The molecule has 0 saturated carbocycles. The van der Waals surface area contributed by atoms with Crippen molar-refractivity contribution in [2.24, 2.45) is 0 Å². The molecule has 1 aromatic carbocycles. The van der Waals surface area contributed by atoms with Crippen molar-refractivity contribution in [3.8, 4) is 0 Å². The fourth-order valence-electron chi connectivity index (χ4n) is 1.22. The molecular formula is C11H12N2S. The van der Waals surface area contributed by atoms with Gasteiger partial charge in [0.25, 0.3) is 0 Å². The second kappa shape index (κ2) is 3.80. The number of fused-ring (bicyclic) bond motifs is 1. The number of nitrogens with zero attached hydrogens (tertiary/aromatic N) is 1. The second-order valence-electron chi connectivity index (χ2n) is 3.35. The molecule has 0 bridgehead atoms. The lowest BCUT2D eigenvalue weighted by molar-refractivity contribution is 1.22. The van der Waals surface area contributed by atoms with Gasteiger partial charge in [-0.05, 0) is 25.1 Å². The van der Waals surface area contributed by atoms with Crippen LogP contribution in [0.5, 0.6) is 0 Å². The van der Waals surface area contributed by atoms with E-state index in [9.17, 15) is 0 Å². The molecule has 1 aromatic heterocycles. The van der Waals surface area contributed by atoms with E-state index < -0.39 is 0 Å². The molecule has 3 heteroatoms. The fraction of sp³-hybridized carbons (Fsp3) is 0.182. The van der Waals surface area contributed by atoms with Crippen LogP contribution in [0.4, 0.5) is 5.69 Å². The molecule has 0 aliphatic heterocycles. The Kier molecular flexibility index (Phi) is 2.50. The Labute approximate surface area is 87.3 Å². The van der Waals surface area contributed by atoms with Gasteiger partial charge in [-0.15, -0.1) is 11.3 Å². The van der Waals surface area contributed by atoms with Crippen LogP contribution in [0.3, 0.4) is 0 Å². The summed E-state index contributed by atoms with van der Waals surface area (Å²) < 4.78 is 1.22. The van der Waals surface area contributed by atoms with Gasteiger partial charge >= 0.3 is 0 Å². The molecule has 0 aliphatic rings.